The molecule has 1 aromatic heterocycles. The lowest BCUT2D eigenvalue weighted by Crippen LogP contribution is -2.29. The Morgan fingerprint density at radius 3 is 2.90 bits per heavy atom. The Labute approximate surface area is 123 Å². The number of fused-ring (bicyclic) bond motifs is 3. The van der Waals surface area contributed by atoms with E-state index in [0.29, 0.717) is 17.7 Å². The molecule has 3 heteroatoms. The summed E-state index contributed by atoms with van der Waals surface area (Å²) >= 11 is 0. The van der Waals surface area contributed by atoms with E-state index in [1.165, 1.54) is 5.56 Å². The topological polar surface area (TPSA) is 36.4 Å². The number of hydrogen-bond donors (Lipinski definition) is 1. The molecule has 0 saturated heterocycles. The number of phenolic OH excluding ortho intramolecular Hbond substituents is 1. The fraction of sp³-hybridized carbons (Fsp3) is 0.167. The van der Waals surface area contributed by atoms with Crippen molar-refractivity contribution in [3.63, 3.8) is 0 Å². The maximum absolute atomic E-state index is 9.71. The zero-order chi connectivity index (χ0) is 14.4. The molecule has 1 aliphatic carbocycles. The third-order valence-corrected chi connectivity index (χ3v) is 4.36. The summed E-state index contributed by atoms with van der Waals surface area (Å²) in [6.07, 6.45) is 8.48. The van der Waals surface area contributed by atoms with Crippen molar-refractivity contribution >= 4 is 11.3 Å². The van der Waals surface area contributed by atoms with E-state index in [1.807, 2.05) is 36.5 Å². The van der Waals surface area contributed by atoms with E-state index in [1.54, 1.807) is 6.07 Å². The second-order valence-corrected chi connectivity index (χ2v) is 5.57. The van der Waals surface area contributed by atoms with Crippen LogP contribution >= 0.6 is 0 Å². The fourth-order valence-corrected chi connectivity index (χ4v) is 3.30. The van der Waals surface area contributed by atoms with Crippen molar-refractivity contribution in [2.24, 2.45) is 0 Å². The van der Waals surface area contributed by atoms with Crippen LogP contribution in [0, 0.1) is 0 Å². The van der Waals surface area contributed by atoms with Crippen molar-refractivity contribution in [2.45, 2.75) is 12.0 Å². The highest BCUT2D eigenvalue weighted by Gasteiger charge is 2.35. The molecule has 2 heterocycles. The third kappa shape index (κ3) is 1.85. The molecule has 2 atom stereocenters. The number of aromatic hydroxyl groups is 1. The molecule has 0 amide bonds. The molecule has 1 N–H and O–H groups in total. The second kappa shape index (κ2) is 4.48. The predicted molar refractivity (Wildman–Crippen MR) is 84.4 cm³/mol. The van der Waals surface area contributed by atoms with E-state index < -0.39 is 0 Å². The Kier molecular flexibility index (Phi) is 2.61. The lowest BCUT2D eigenvalue weighted by molar-refractivity contribution is 0.475. The van der Waals surface area contributed by atoms with Gasteiger partial charge in [0.2, 0.25) is 0 Å². The van der Waals surface area contributed by atoms with Crippen LogP contribution in [-0.2, 0) is 0 Å². The molecule has 4 rings (SSSR count). The number of anilines is 1. The van der Waals surface area contributed by atoms with Crippen LogP contribution in [0.3, 0.4) is 0 Å². The number of benzene rings is 1. The Balaban J connectivity index is 1.80. The molecular formula is C18H16N2O. The number of likely N-dealkylation sites (N-methyl/N-ethyl adjacent to an activating group) is 1. The maximum atomic E-state index is 9.71. The van der Waals surface area contributed by atoms with Gasteiger partial charge in [-0.3, -0.25) is 4.98 Å². The molecule has 2 aromatic rings. The zero-order valence-electron chi connectivity index (χ0n) is 11.8. The van der Waals surface area contributed by atoms with Gasteiger partial charge in [-0.05, 0) is 29.3 Å². The molecule has 21 heavy (non-hydrogen) atoms. The number of allylic oxidation sites excluding steroid dienone is 2. The molecule has 104 valence electrons. The smallest absolute Gasteiger partial charge is 0.117 e. The monoisotopic (exact) mass is 276 g/mol. The molecule has 0 bridgehead atoms. The molecular weight excluding hydrogens is 260 g/mol. The van der Waals surface area contributed by atoms with Crippen molar-refractivity contribution in [3.8, 4) is 5.75 Å². The van der Waals surface area contributed by atoms with Gasteiger partial charge in [-0.25, -0.2) is 0 Å². The normalized spacial score (nSPS) is 22.7. The van der Waals surface area contributed by atoms with Gasteiger partial charge in [-0.15, -0.1) is 0 Å². The van der Waals surface area contributed by atoms with Gasteiger partial charge in [-0.1, -0.05) is 30.4 Å². The van der Waals surface area contributed by atoms with Crippen LogP contribution in [0.15, 0.2) is 60.8 Å². The summed E-state index contributed by atoms with van der Waals surface area (Å²) in [5, 5.41) is 9.71. The van der Waals surface area contributed by atoms with Crippen LogP contribution in [0.5, 0.6) is 5.75 Å². The molecule has 1 aliphatic heterocycles. The number of rotatable bonds is 1. The minimum atomic E-state index is 0.313. The first-order chi connectivity index (χ1) is 10.2. The van der Waals surface area contributed by atoms with Crippen LogP contribution in [0.25, 0.3) is 5.57 Å². The number of nitrogens with zero attached hydrogens (tertiary/aromatic N) is 2. The molecule has 3 nitrogen and oxygen atoms in total. The second-order valence-electron chi connectivity index (χ2n) is 5.57. The zero-order valence-corrected chi connectivity index (χ0v) is 11.8. The quantitative estimate of drug-likeness (QED) is 0.867. The Morgan fingerprint density at radius 2 is 2.10 bits per heavy atom. The van der Waals surface area contributed by atoms with E-state index in [9.17, 15) is 5.11 Å². The van der Waals surface area contributed by atoms with E-state index >= 15 is 0 Å². The highest BCUT2D eigenvalue weighted by molar-refractivity contribution is 5.78. The van der Waals surface area contributed by atoms with Gasteiger partial charge in [0.15, 0.2) is 0 Å². The SMILES string of the molecule is CN1c2cc(O)ccc2C2C=C(c3ccccn3)C=CC21. The van der Waals surface area contributed by atoms with E-state index in [2.05, 4.69) is 35.2 Å². The number of pyridine rings is 1. The van der Waals surface area contributed by atoms with Crippen molar-refractivity contribution in [1.29, 1.82) is 0 Å². The van der Waals surface area contributed by atoms with Crippen LogP contribution in [0.2, 0.25) is 0 Å². The number of hydrogen-bond acceptors (Lipinski definition) is 3. The van der Waals surface area contributed by atoms with Gasteiger partial charge in [-0.2, -0.15) is 0 Å². The average Bonchev–Trinajstić information content (AvgIpc) is 2.80. The summed E-state index contributed by atoms with van der Waals surface area (Å²) in [4.78, 5) is 6.66. The molecule has 0 spiro atoms. The summed E-state index contributed by atoms with van der Waals surface area (Å²) in [5.74, 6) is 0.629. The molecule has 2 aliphatic rings. The van der Waals surface area contributed by atoms with Crippen molar-refractivity contribution in [2.75, 3.05) is 11.9 Å². The van der Waals surface area contributed by atoms with Crippen molar-refractivity contribution < 1.29 is 5.11 Å². The minimum absolute atomic E-state index is 0.313. The first kappa shape index (κ1) is 12.2. The number of phenols is 1. The van der Waals surface area contributed by atoms with Crippen LogP contribution in [0.1, 0.15) is 17.2 Å². The summed E-state index contributed by atoms with van der Waals surface area (Å²) < 4.78 is 0. The largest absolute Gasteiger partial charge is 0.508 e. The molecule has 0 fully saturated rings. The summed E-state index contributed by atoms with van der Waals surface area (Å²) in [7, 11) is 2.08. The lowest BCUT2D eigenvalue weighted by Gasteiger charge is -2.25. The van der Waals surface area contributed by atoms with Crippen molar-refractivity contribution in [3.05, 3.63) is 72.1 Å². The third-order valence-electron chi connectivity index (χ3n) is 4.36. The summed E-state index contributed by atoms with van der Waals surface area (Å²) in [6, 6.07) is 11.9. The highest BCUT2D eigenvalue weighted by Crippen LogP contribution is 2.45. The summed E-state index contributed by atoms with van der Waals surface area (Å²) in [5.41, 5.74) is 4.53. The van der Waals surface area contributed by atoms with E-state index in [4.69, 9.17) is 0 Å². The van der Waals surface area contributed by atoms with Gasteiger partial charge in [0.25, 0.3) is 0 Å². The van der Waals surface area contributed by atoms with Gasteiger partial charge in [0.05, 0.1) is 11.7 Å². The van der Waals surface area contributed by atoms with E-state index in [0.717, 1.165) is 17.0 Å². The first-order valence-corrected chi connectivity index (χ1v) is 7.11. The van der Waals surface area contributed by atoms with Gasteiger partial charge < -0.3 is 10.0 Å². The molecule has 2 unspecified atom stereocenters. The Hall–Kier alpha value is -2.55. The highest BCUT2D eigenvalue weighted by atomic mass is 16.3. The van der Waals surface area contributed by atoms with E-state index in [-0.39, 0.29) is 0 Å². The Morgan fingerprint density at radius 1 is 1.19 bits per heavy atom. The van der Waals surface area contributed by atoms with Gasteiger partial charge in [0, 0.05) is 30.9 Å². The number of aromatic nitrogens is 1. The minimum Gasteiger partial charge on any atom is -0.508 e. The summed E-state index contributed by atoms with van der Waals surface area (Å²) in [6.45, 7) is 0. The fourth-order valence-electron chi connectivity index (χ4n) is 3.30. The molecule has 1 aromatic carbocycles. The van der Waals surface area contributed by atoms with Crippen LogP contribution in [0.4, 0.5) is 5.69 Å². The lowest BCUT2D eigenvalue weighted by atomic mass is 9.87. The average molecular weight is 276 g/mol. The molecule has 0 saturated carbocycles. The standard InChI is InChI=1S/C18H16N2O/c1-20-17-8-5-12(16-4-2-3-9-19-16)10-15(17)14-7-6-13(21)11-18(14)20/h2-11,15,17,21H,1H3. The van der Waals surface area contributed by atoms with Gasteiger partial charge >= 0.3 is 0 Å². The predicted octanol–water partition coefficient (Wildman–Crippen LogP) is 3.34. The Bertz CT molecular complexity index is 749. The van der Waals surface area contributed by atoms with Crippen LogP contribution < -0.4 is 4.90 Å². The van der Waals surface area contributed by atoms with Crippen molar-refractivity contribution in [1.82, 2.24) is 4.98 Å². The maximum Gasteiger partial charge on any atom is 0.117 e. The molecule has 0 radical (unpaired) electrons. The first-order valence-electron chi connectivity index (χ1n) is 7.11. The van der Waals surface area contributed by atoms with Gasteiger partial charge in [0.1, 0.15) is 5.75 Å². The van der Waals surface area contributed by atoms with Crippen LogP contribution in [-0.4, -0.2) is 23.2 Å².